The van der Waals surface area contributed by atoms with Gasteiger partial charge in [-0.05, 0) is 43.2 Å². The number of nitrogens with two attached hydrogens (primary N) is 4. The lowest BCUT2D eigenvalue weighted by Gasteiger charge is -2.37. The van der Waals surface area contributed by atoms with Crippen LogP contribution in [0.25, 0.3) is 0 Å². The second-order valence-electron chi connectivity index (χ2n) is 10.2. The largest absolute Gasteiger partial charge is 0.493 e. The van der Waals surface area contributed by atoms with Gasteiger partial charge in [0.05, 0.1) is 5.69 Å². The molecule has 0 bridgehead atoms. The fraction of sp³-hybridized carbons (Fsp3) is 0.400. The molecule has 2 aromatic heterocycles. The first-order valence-electron chi connectivity index (χ1n) is 12.9. The first kappa shape index (κ1) is 27.4. The molecule has 4 atom stereocenters. The van der Waals surface area contributed by atoms with Crippen LogP contribution in [0, 0.1) is 5.82 Å². The van der Waals surface area contributed by atoms with E-state index in [4.69, 9.17) is 22.9 Å². The number of carbonyl (C=O) groups excluding carboxylic acids is 1. The highest BCUT2D eigenvalue weighted by molar-refractivity contribution is 6.05. The summed E-state index contributed by atoms with van der Waals surface area (Å²) in [6.07, 6.45) is 2.73. The first-order valence-corrected chi connectivity index (χ1v) is 12.9. The van der Waals surface area contributed by atoms with Gasteiger partial charge in [0.25, 0.3) is 5.91 Å². The molecule has 40 heavy (non-hydrogen) atoms. The minimum absolute atomic E-state index is 0.0800. The lowest BCUT2D eigenvalue weighted by molar-refractivity contribution is 0.102. The van der Waals surface area contributed by atoms with Crippen LogP contribution < -0.4 is 43.4 Å². The summed E-state index contributed by atoms with van der Waals surface area (Å²) >= 11 is 0. The Labute approximate surface area is 230 Å². The van der Waals surface area contributed by atoms with E-state index in [1.165, 1.54) is 30.5 Å². The van der Waals surface area contributed by atoms with Crippen LogP contribution in [-0.4, -0.2) is 81.3 Å². The Hall–Kier alpha value is -4.18. The number of carbonyl (C=O) groups is 1. The van der Waals surface area contributed by atoms with Gasteiger partial charge in [-0.2, -0.15) is 15.0 Å². The Balaban J connectivity index is 1.40. The maximum atomic E-state index is 15.0. The molecule has 212 valence electrons. The van der Waals surface area contributed by atoms with Gasteiger partial charge in [0.1, 0.15) is 11.4 Å². The average molecular weight is 553 g/mol. The number of nitrogens with zero attached hydrogens (tertiary/aromatic N) is 6. The van der Waals surface area contributed by atoms with Crippen molar-refractivity contribution >= 4 is 35.1 Å². The van der Waals surface area contributed by atoms with Crippen LogP contribution >= 0.6 is 0 Å². The smallest absolute Gasteiger partial charge is 0.261 e. The number of aromatic hydroxyl groups is 1. The molecule has 14 nitrogen and oxygen atoms in total. The van der Waals surface area contributed by atoms with Gasteiger partial charge in [0, 0.05) is 62.2 Å². The summed E-state index contributed by atoms with van der Waals surface area (Å²) in [5.41, 5.74) is 25.0. The van der Waals surface area contributed by atoms with Crippen LogP contribution in [0.3, 0.4) is 0 Å². The van der Waals surface area contributed by atoms with Gasteiger partial charge in [-0.25, -0.2) is 9.37 Å². The molecule has 0 radical (unpaired) electrons. The number of piperidine rings is 2. The topological polar surface area (TPSA) is 223 Å². The third kappa shape index (κ3) is 6.34. The van der Waals surface area contributed by atoms with E-state index in [-0.39, 0.29) is 41.4 Å². The Kier molecular flexibility index (Phi) is 7.88. The molecule has 2 saturated heterocycles. The van der Waals surface area contributed by atoms with Gasteiger partial charge >= 0.3 is 0 Å². The van der Waals surface area contributed by atoms with E-state index in [9.17, 15) is 14.3 Å². The molecule has 3 aromatic rings. The molecule has 11 N–H and O–H groups in total. The summed E-state index contributed by atoms with van der Waals surface area (Å²) in [4.78, 5) is 33.8. The second kappa shape index (κ2) is 11.5. The molecule has 5 rings (SSSR count). The normalized spacial score (nSPS) is 23.1. The zero-order valence-electron chi connectivity index (χ0n) is 21.7. The van der Waals surface area contributed by atoms with E-state index in [1.807, 2.05) is 9.80 Å². The lowest BCUT2D eigenvalue weighted by atomic mass is 10.0. The Morgan fingerprint density at radius 3 is 2.00 bits per heavy atom. The van der Waals surface area contributed by atoms with Crippen LogP contribution in [0.15, 0.2) is 36.5 Å². The van der Waals surface area contributed by atoms with Crippen molar-refractivity contribution in [1.29, 1.82) is 0 Å². The van der Waals surface area contributed by atoms with Crippen molar-refractivity contribution in [1.82, 2.24) is 19.9 Å². The fourth-order valence-corrected chi connectivity index (χ4v) is 4.96. The summed E-state index contributed by atoms with van der Waals surface area (Å²) in [5, 5.41) is 15.3. The summed E-state index contributed by atoms with van der Waals surface area (Å²) < 4.78 is 15.0. The highest BCUT2D eigenvalue weighted by Gasteiger charge is 2.29. The van der Waals surface area contributed by atoms with E-state index in [0.717, 1.165) is 0 Å². The van der Waals surface area contributed by atoms with E-state index < -0.39 is 17.6 Å². The van der Waals surface area contributed by atoms with Crippen molar-refractivity contribution in [3.63, 3.8) is 0 Å². The Morgan fingerprint density at radius 1 is 0.900 bits per heavy atom. The highest BCUT2D eigenvalue weighted by atomic mass is 19.1. The predicted molar refractivity (Wildman–Crippen MR) is 149 cm³/mol. The van der Waals surface area contributed by atoms with Crippen molar-refractivity contribution in [3.8, 4) is 5.88 Å². The summed E-state index contributed by atoms with van der Waals surface area (Å²) in [5.74, 6) is -0.925. The number of benzene rings is 1. The molecule has 1 aromatic carbocycles. The first-order chi connectivity index (χ1) is 19.1. The molecular weight excluding hydrogens is 519 g/mol. The van der Waals surface area contributed by atoms with Gasteiger partial charge in [0.15, 0.2) is 0 Å². The van der Waals surface area contributed by atoms with Gasteiger partial charge in [-0.1, -0.05) is 0 Å². The van der Waals surface area contributed by atoms with Gasteiger partial charge < -0.3 is 48.5 Å². The van der Waals surface area contributed by atoms with E-state index in [0.29, 0.717) is 56.6 Å². The van der Waals surface area contributed by atoms with Crippen molar-refractivity contribution in [2.24, 2.45) is 22.9 Å². The summed E-state index contributed by atoms with van der Waals surface area (Å²) in [6, 6.07) is 6.47. The number of rotatable bonds is 6. The minimum Gasteiger partial charge on any atom is -0.493 e. The molecule has 4 heterocycles. The number of aromatic nitrogens is 4. The summed E-state index contributed by atoms with van der Waals surface area (Å²) in [7, 11) is 0. The minimum atomic E-state index is -0.711. The molecule has 4 unspecified atom stereocenters. The zero-order valence-corrected chi connectivity index (χ0v) is 21.7. The molecule has 15 heteroatoms. The highest BCUT2D eigenvalue weighted by Crippen LogP contribution is 2.26. The predicted octanol–water partition coefficient (Wildman–Crippen LogP) is -0.163. The number of halogens is 1. The average Bonchev–Trinajstić information content (AvgIpc) is 2.89. The van der Waals surface area contributed by atoms with Crippen molar-refractivity contribution in [3.05, 3.63) is 47.9 Å². The molecule has 2 aliphatic heterocycles. The number of amides is 1. The number of anilines is 5. The molecule has 0 saturated carbocycles. The van der Waals surface area contributed by atoms with Gasteiger partial charge in [-0.3, -0.25) is 4.79 Å². The van der Waals surface area contributed by atoms with Crippen LogP contribution in [0.1, 0.15) is 23.2 Å². The van der Waals surface area contributed by atoms with Crippen LogP contribution in [0.4, 0.5) is 33.6 Å². The molecule has 0 spiro atoms. The Morgan fingerprint density at radius 2 is 1.48 bits per heavy atom. The third-order valence-corrected chi connectivity index (χ3v) is 6.71. The van der Waals surface area contributed by atoms with E-state index in [2.05, 4.69) is 30.6 Å². The van der Waals surface area contributed by atoms with Crippen molar-refractivity contribution in [2.45, 2.75) is 37.0 Å². The molecule has 0 aliphatic carbocycles. The van der Waals surface area contributed by atoms with Gasteiger partial charge in [0.2, 0.25) is 23.7 Å². The second-order valence-corrected chi connectivity index (χ2v) is 10.2. The molecule has 1 amide bonds. The van der Waals surface area contributed by atoms with E-state index >= 15 is 0 Å². The van der Waals surface area contributed by atoms with Crippen LogP contribution in [-0.2, 0) is 0 Å². The number of hydrogen-bond donors (Lipinski definition) is 7. The fourth-order valence-electron chi connectivity index (χ4n) is 4.96. The van der Waals surface area contributed by atoms with Crippen LogP contribution in [0.5, 0.6) is 5.88 Å². The SMILES string of the molecule is NC1CC(N)CN(c2nc(Nc3ccc(NC(=O)c4cccnc4O)c(F)c3)nc(N3CC(N)CC(N)C3)n2)C1. The molecular formula is C25H33FN12O2. The maximum Gasteiger partial charge on any atom is 0.261 e. The molecule has 2 aliphatic rings. The monoisotopic (exact) mass is 552 g/mol. The Bertz CT molecular complexity index is 1310. The lowest BCUT2D eigenvalue weighted by Crippen LogP contribution is -2.54. The standard InChI is InChI=1S/C25H33FN12O2/c26-19-8-17(3-4-20(19)33-22(40)18-2-1-5-31-21(18)39)32-23-34-24(37-9-13(27)6-14(28)10-37)36-25(35-23)38-11-15(29)7-16(30)12-38/h1-5,8,13-16H,6-7,9-12,27-30H2,(H,31,39)(H,33,40)(H,32,34,35,36). The van der Waals surface area contributed by atoms with Crippen molar-refractivity contribution in [2.75, 3.05) is 46.6 Å². The van der Waals surface area contributed by atoms with Crippen molar-refractivity contribution < 1.29 is 14.3 Å². The van der Waals surface area contributed by atoms with Crippen LogP contribution in [0.2, 0.25) is 0 Å². The van der Waals surface area contributed by atoms with Gasteiger partial charge in [-0.15, -0.1) is 0 Å². The summed E-state index contributed by atoms with van der Waals surface area (Å²) in [6.45, 7) is 2.08. The number of pyridine rings is 1. The molecule has 2 fully saturated rings. The maximum absolute atomic E-state index is 15.0. The third-order valence-electron chi connectivity index (χ3n) is 6.71. The number of nitrogens with one attached hydrogen (secondary N) is 2. The zero-order chi connectivity index (χ0) is 28.4. The number of hydrogen-bond acceptors (Lipinski definition) is 13. The van der Waals surface area contributed by atoms with E-state index in [1.54, 1.807) is 6.07 Å². The quantitative estimate of drug-likeness (QED) is 0.211.